The summed E-state index contributed by atoms with van der Waals surface area (Å²) in [7, 11) is 3.14. The van der Waals surface area contributed by atoms with E-state index in [0.717, 1.165) is 23.1 Å². The number of alkyl halides is 3. The number of benzene rings is 1. The number of aryl methyl sites for hydroxylation is 2. The van der Waals surface area contributed by atoms with Crippen LogP contribution in [0.5, 0.6) is 0 Å². The van der Waals surface area contributed by atoms with E-state index in [0.29, 0.717) is 24.4 Å². The van der Waals surface area contributed by atoms with E-state index < -0.39 is 23.0 Å². The quantitative estimate of drug-likeness (QED) is 0.650. The van der Waals surface area contributed by atoms with Gasteiger partial charge in [-0.1, -0.05) is 12.1 Å². The van der Waals surface area contributed by atoms with Gasteiger partial charge in [0.25, 0.3) is 5.56 Å². The van der Waals surface area contributed by atoms with Crippen molar-refractivity contribution in [2.75, 3.05) is 5.32 Å². The molecular weight excluding hydrogens is 415 g/mol. The van der Waals surface area contributed by atoms with Crippen molar-refractivity contribution in [1.82, 2.24) is 18.7 Å². The summed E-state index contributed by atoms with van der Waals surface area (Å²) in [6, 6.07) is 4.36. The lowest BCUT2D eigenvalue weighted by atomic mass is 10.1. The maximum Gasteiger partial charge on any atom is 0.416 e. The smallest absolute Gasteiger partial charge is 0.393 e. The van der Waals surface area contributed by atoms with Crippen molar-refractivity contribution in [2.45, 2.75) is 44.1 Å². The second-order valence-corrected chi connectivity index (χ2v) is 7.90. The molecule has 2 N–H and O–H groups in total. The summed E-state index contributed by atoms with van der Waals surface area (Å²) in [4.78, 5) is 30.3. The van der Waals surface area contributed by atoms with Gasteiger partial charge < -0.3 is 15.0 Å². The predicted octanol–water partition coefficient (Wildman–Crippen LogP) is 1.83. The van der Waals surface area contributed by atoms with Gasteiger partial charge in [0.15, 0.2) is 11.2 Å². The van der Waals surface area contributed by atoms with Gasteiger partial charge in [0.2, 0.25) is 5.95 Å². The number of aliphatic hydroxyl groups is 1. The van der Waals surface area contributed by atoms with E-state index in [4.69, 9.17) is 0 Å². The van der Waals surface area contributed by atoms with Crippen LogP contribution in [0, 0.1) is 0 Å². The van der Waals surface area contributed by atoms with Gasteiger partial charge in [-0.2, -0.15) is 18.2 Å². The molecular formula is C20H22F3N5O3. The molecule has 1 aromatic carbocycles. The molecule has 0 spiro atoms. The highest BCUT2D eigenvalue weighted by atomic mass is 19.4. The first-order valence-electron chi connectivity index (χ1n) is 9.83. The molecule has 2 atom stereocenters. The van der Waals surface area contributed by atoms with Crippen LogP contribution < -0.4 is 16.6 Å². The third-order valence-corrected chi connectivity index (χ3v) is 5.72. The minimum absolute atomic E-state index is 0.0110. The summed E-state index contributed by atoms with van der Waals surface area (Å²) in [6.07, 6.45) is -2.82. The lowest BCUT2D eigenvalue weighted by Gasteiger charge is -2.12. The highest BCUT2D eigenvalue weighted by Gasteiger charge is 2.30. The van der Waals surface area contributed by atoms with Crippen LogP contribution in [-0.2, 0) is 26.8 Å². The molecule has 0 saturated heterocycles. The van der Waals surface area contributed by atoms with Crippen LogP contribution >= 0.6 is 0 Å². The number of anilines is 1. The molecule has 0 aliphatic heterocycles. The lowest BCUT2D eigenvalue weighted by molar-refractivity contribution is -0.137. The Hall–Kier alpha value is -3.08. The SMILES string of the molecule is Cn1c(NC2CC[C@@H](O)C2)nc2c1c(=O)n(Cc1ccc(C(F)(F)F)cc1)c(=O)n2C. The number of hydrogen-bond acceptors (Lipinski definition) is 5. The summed E-state index contributed by atoms with van der Waals surface area (Å²) in [5, 5.41) is 12.9. The summed E-state index contributed by atoms with van der Waals surface area (Å²) in [6.45, 7) is -0.164. The Morgan fingerprint density at radius 3 is 2.39 bits per heavy atom. The van der Waals surface area contributed by atoms with Crippen LogP contribution in [0.15, 0.2) is 33.9 Å². The van der Waals surface area contributed by atoms with Gasteiger partial charge in [0.05, 0.1) is 18.2 Å². The van der Waals surface area contributed by atoms with Crippen molar-refractivity contribution in [3.8, 4) is 0 Å². The van der Waals surface area contributed by atoms with Crippen molar-refractivity contribution >= 4 is 17.1 Å². The highest BCUT2D eigenvalue weighted by Crippen LogP contribution is 2.29. The van der Waals surface area contributed by atoms with Gasteiger partial charge in [-0.3, -0.25) is 13.9 Å². The molecule has 11 heteroatoms. The molecule has 31 heavy (non-hydrogen) atoms. The van der Waals surface area contributed by atoms with Gasteiger partial charge >= 0.3 is 11.9 Å². The summed E-state index contributed by atoms with van der Waals surface area (Å²) < 4.78 is 42.1. The number of hydrogen-bond donors (Lipinski definition) is 2. The molecule has 0 bridgehead atoms. The Bertz CT molecular complexity index is 1240. The van der Waals surface area contributed by atoms with Crippen LogP contribution in [0.1, 0.15) is 30.4 Å². The fourth-order valence-electron chi connectivity index (χ4n) is 3.97. The normalized spacial score (nSPS) is 19.3. The molecule has 4 rings (SSSR count). The molecule has 2 aromatic heterocycles. The molecule has 1 aliphatic rings. The van der Waals surface area contributed by atoms with Crippen molar-refractivity contribution in [2.24, 2.45) is 14.1 Å². The van der Waals surface area contributed by atoms with E-state index in [1.54, 1.807) is 11.6 Å². The molecule has 0 radical (unpaired) electrons. The zero-order chi connectivity index (χ0) is 22.5. The molecule has 1 unspecified atom stereocenters. The van der Waals surface area contributed by atoms with Gasteiger partial charge in [0, 0.05) is 20.1 Å². The van der Waals surface area contributed by atoms with E-state index in [1.807, 2.05) is 0 Å². The number of aliphatic hydroxyl groups excluding tert-OH is 1. The Labute approximate surface area is 174 Å². The molecule has 166 valence electrons. The molecule has 1 fully saturated rings. The maximum atomic E-state index is 13.1. The van der Waals surface area contributed by atoms with Crippen molar-refractivity contribution < 1.29 is 18.3 Å². The van der Waals surface area contributed by atoms with Gasteiger partial charge in [-0.25, -0.2) is 4.79 Å². The lowest BCUT2D eigenvalue weighted by Crippen LogP contribution is -2.39. The van der Waals surface area contributed by atoms with Gasteiger partial charge in [0.1, 0.15) is 0 Å². The van der Waals surface area contributed by atoms with Crippen molar-refractivity contribution in [3.05, 3.63) is 56.2 Å². The molecule has 8 nitrogen and oxygen atoms in total. The number of imidazole rings is 1. The van der Waals surface area contributed by atoms with Crippen LogP contribution in [-0.4, -0.2) is 35.9 Å². The molecule has 1 aliphatic carbocycles. The number of nitrogens with zero attached hydrogens (tertiary/aromatic N) is 4. The predicted molar refractivity (Wildman–Crippen MR) is 108 cm³/mol. The van der Waals surface area contributed by atoms with E-state index >= 15 is 0 Å². The number of aromatic nitrogens is 4. The second kappa shape index (κ2) is 7.56. The van der Waals surface area contributed by atoms with Crippen LogP contribution in [0.4, 0.5) is 19.1 Å². The van der Waals surface area contributed by atoms with E-state index in [2.05, 4.69) is 10.3 Å². The first kappa shape index (κ1) is 21.2. The Kier molecular flexibility index (Phi) is 5.16. The monoisotopic (exact) mass is 437 g/mol. The van der Waals surface area contributed by atoms with E-state index in [1.165, 1.54) is 23.7 Å². The standard InChI is InChI=1S/C20H22F3N5O3/c1-26-15-16(25-18(26)24-13-7-8-14(29)9-13)27(2)19(31)28(17(15)30)10-11-3-5-12(6-4-11)20(21,22)23/h3-6,13-14,29H,7-10H2,1-2H3,(H,24,25)/t13?,14-/m1/s1. The zero-order valence-corrected chi connectivity index (χ0v) is 17.0. The summed E-state index contributed by atoms with van der Waals surface area (Å²) in [5.74, 6) is 0.411. The van der Waals surface area contributed by atoms with Crippen molar-refractivity contribution in [3.63, 3.8) is 0 Å². The van der Waals surface area contributed by atoms with E-state index in [9.17, 15) is 27.9 Å². The van der Waals surface area contributed by atoms with Gasteiger partial charge in [-0.05, 0) is 37.0 Å². The van der Waals surface area contributed by atoms with Crippen LogP contribution in [0.2, 0.25) is 0 Å². The fourth-order valence-corrected chi connectivity index (χ4v) is 3.97. The maximum absolute atomic E-state index is 13.1. The third kappa shape index (κ3) is 3.85. The van der Waals surface area contributed by atoms with Crippen LogP contribution in [0.25, 0.3) is 11.2 Å². The average Bonchev–Trinajstić information content (AvgIpc) is 3.26. The first-order valence-corrected chi connectivity index (χ1v) is 9.83. The van der Waals surface area contributed by atoms with Crippen molar-refractivity contribution in [1.29, 1.82) is 0 Å². The second-order valence-electron chi connectivity index (χ2n) is 7.90. The third-order valence-electron chi connectivity index (χ3n) is 5.72. The number of fused-ring (bicyclic) bond motifs is 1. The number of halogens is 3. The number of nitrogens with one attached hydrogen (secondary N) is 1. The Morgan fingerprint density at radius 2 is 1.81 bits per heavy atom. The fraction of sp³-hybridized carbons (Fsp3) is 0.450. The summed E-state index contributed by atoms with van der Waals surface area (Å²) >= 11 is 0. The Morgan fingerprint density at radius 1 is 1.13 bits per heavy atom. The Balaban J connectivity index is 1.72. The molecule has 1 saturated carbocycles. The molecule has 3 aromatic rings. The van der Waals surface area contributed by atoms with Gasteiger partial charge in [-0.15, -0.1) is 0 Å². The topological polar surface area (TPSA) is 94.1 Å². The minimum Gasteiger partial charge on any atom is -0.393 e. The van der Waals surface area contributed by atoms with E-state index in [-0.39, 0.29) is 29.9 Å². The molecule has 0 amide bonds. The number of rotatable bonds is 4. The minimum atomic E-state index is -4.46. The van der Waals surface area contributed by atoms with Crippen LogP contribution in [0.3, 0.4) is 0 Å². The summed E-state index contributed by atoms with van der Waals surface area (Å²) in [5.41, 5.74) is -1.18. The zero-order valence-electron chi connectivity index (χ0n) is 17.0. The highest BCUT2D eigenvalue weighted by molar-refractivity contribution is 5.74. The first-order chi connectivity index (χ1) is 14.6. The molecule has 2 heterocycles. The average molecular weight is 437 g/mol. The largest absolute Gasteiger partial charge is 0.416 e.